The maximum atomic E-state index is 12.8. The molecular formula is C18H23ClFN5O2. The van der Waals surface area contributed by atoms with Gasteiger partial charge in [-0.2, -0.15) is 5.10 Å². The fourth-order valence-electron chi connectivity index (χ4n) is 2.87. The third-order valence-electron chi connectivity index (χ3n) is 4.29. The fourth-order valence-corrected chi connectivity index (χ4v) is 2.87. The summed E-state index contributed by atoms with van der Waals surface area (Å²) in [6.07, 6.45) is 3.97. The third-order valence-corrected chi connectivity index (χ3v) is 4.29. The highest BCUT2D eigenvalue weighted by atomic mass is 35.5. The molecule has 0 aliphatic carbocycles. The number of aromatic nitrogens is 2. The summed E-state index contributed by atoms with van der Waals surface area (Å²) in [7, 11) is 0. The second-order valence-electron chi connectivity index (χ2n) is 6.20. The van der Waals surface area contributed by atoms with E-state index < -0.39 is 5.82 Å². The molecule has 0 radical (unpaired) electrons. The van der Waals surface area contributed by atoms with Crippen molar-refractivity contribution in [2.75, 3.05) is 26.2 Å². The molecule has 1 saturated heterocycles. The molecule has 1 atom stereocenters. The zero-order valence-electron chi connectivity index (χ0n) is 14.8. The van der Waals surface area contributed by atoms with Gasteiger partial charge in [-0.1, -0.05) is 0 Å². The number of amides is 2. The molecule has 0 bridgehead atoms. The van der Waals surface area contributed by atoms with Gasteiger partial charge in [0.25, 0.3) is 11.8 Å². The third kappa shape index (κ3) is 5.77. The predicted molar refractivity (Wildman–Crippen MR) is 102 cm³/mol. The Hall–Kier alpha value is -2.45. The Balaban J connectivity index is 0.00000261. The molecule has 1 aliphatic rings. The number of benzene rings is 1. The van der Waals surface area contributed by atoms with Gasteiger partial charge in [0.1, 0.15) is 11.5 Å². The number of rotatable bonds is 6. The van der Waals surface area contributed by atoms with Gasteiger partial charge in [-0.3, -0.25) is 14.3 Å². The van der Waals surface area contributed by atoms with Crippen molar-refractivity contribution in [1.82, 2.24) is 25.7 Å². The average molecular weight is 396 g/mol. The normalized spacial score (nSPS) is 16.3. The van der Waals surface area contributed by atoms with Gasteiger partial charge in [0, 0.05) is 31.4 Å². The first kappa shape index (κ1) is 20.9. The first-order chi connectivity index (χ1) is 12.6. The SMILES string of the molecule is Cl.O=C(NCCNC(=O)c1ccn(C2CCCNC2)n1)c1ccc(F)cc1. The van der Waals surface area contributed by atoms with Gasteiger partial charge in [0.05, 0.1) is 6.04 Å². The quantitative estimate of drug-likeness (QED) is 0.647. The lowest BCUT2D eigenvalue weighted by atomic mass is 10.1. The van der Waals surface area contributed by atoms with E-state index in [0.29, 0.717) is 11.3 Å². The Bertz CT molecular complexity index is 759. The number of nitrogens with one attached hydrogen (secondary N) is 3. The Morgan fingerprint density at radius 3 is 2.52 bits per heavy atom. The molecule has 1 fully saturated rings. The second kappa shape index (κ2) is 10.0. The second-order valence-corrected chi connectivity index (χ2v) is 6.20. The van der Waals surface area contributed by atoms with Gasteiger partial charge < -0.3 is 16.0 Å². The van der Waals surface area contributed by atoms with Crippen LogP contribution in [-0.2, 0) is 0 Å². The summed E-state index contributed by atoms with van der Waals surface area (Å²) in [5.74, 6) is -0.978. The molecule has 27 heavy (non-hydrogen) atoms. The molecule has 1 unspecified atom stereocenters. The van der Waals surface area contributed by atoms with Crippen molar-refractivity contribution in [2.24, 2.45) is 0 Å². The first-order valence-electron chi connectivity index (χ1n) is 8.71. The first-order valence-corrected chi connectivity index (χ1v) is 8.71. The molecule has 146 valence electrons. The van der Waals surface area contributed by atoms with E-state index in [-0.39, 0.29) is 43.4 Å². The zero-order valence-corrected chi connectivity index (χ0v) is 15.6. The molecule has 1 aliphatic heterocycles. The minimum absolute atomic E-state index is 0. The molecule has 0 saturated carbocycles. The van der Waals surface area contributed by atoms with Crippen LogP contribution in [0.1, 0.15) is 39.7 Å². The molecule has 0 spiro atoms. The molecule has 1 aromatic heterocycles. The van der Waals surface area contributed by atoms with Crippen LogP contribution in [0.5, 0.6) is 0 Å². The molecule has 3 rings (SSSR count). The molecule has 7 nitrogen and oxygen atoms in total. The maximum Gasteiger partial charge on any atom is 0.271 e. The van der Waals surface area contributed by atoms with Crippen molar-refractivity contribution in [2.45, 2.75) is 18.9 Å². The molecule has 2 heterocycles. The molecule has 2 aromatic rings. The van der Waals surface area contributed by atoms with E-state index in [2.05, 4.69) is 21.0 Å². The monoisotopic (exact) mass is 395 g/mol. The summed E-state index contributed by atoms with van der Waals surface area (Å²) in [6.45, 7) is 2.44. The van der Waals surface area contributed by atoms with E-state index in [1.54, 1.807) is 6.07 Å². The number of carbonyl (C=O) groups is 2. The summed E-state index contributed by atoms with van der Waals surface area (Å²) in [4.78, 5) is 24.0. The van der Waals surface area contributed by atoms with Crippen LogP contribution in [0.25, 0.3) is 0 Å². The number of hydrogen-bond acceptors (Lipinski definition) is 4. The minimum Gasteiger partial charge on any atom is -0.350 e. The van der Waals surface area contributed by atoms with E-state index in [1.165, 1.54) is 24.3 Å². The Kier molecular flexibility index (Phi) is 7.75. The highest BCUT2D eigenvalue weighted by molar-refractivity contribution is 5.94. The van der Waals surface area contributed by atoms with Gasteiger partial charge in [-0.15, -0.1) is 12.4 Å². The lowest BCUT2D eigenvalue weighted by molar-refractivity contribution is 0.0924. The Morgan fingerprint density at radius 1 is 1.15 bits per heavy atom. The van der Waals surface area contributed by atoms with E-state index in [9.17, 15) is 14.0 Å². The highest BCUT2D eigenvalue weighted by Crippen LogP contribution is 2.15. The summed E-state index contributed by atoms with van der Waals surface area (Å²) in [5.41, 5.74) is 0.734. The van der Waals surface area contributed by atoms with Gasteiger partial charge in [0.2, 0.25) is 0 Å². The average Bonchev–Trinajstić information content (AvgIpc) is 3.16. The fraction of sp³-hybridized carbons (Fsp3) is 0.389. The minimum atomic E-state index is -0.391. The summed E-state index contributed by atoms with van der Waals surface area (Å²) in [5, 5.41) is 13.1. The van der Waals surface area contributed by atoms with Gasteiger partial charge in [-0.05, 0) is 49.7 Å². The molecule has 3 N–H and O–H groups in total. The largest absolute Gasteiger partial charge is 0.350 e. The van der Waals surface area contributed by atoms with Crippen LogP contribution >= 0.6 is 12.4 Å². The standard InChI is InChI=1S/C18H22FN5O2.ClH/c19-14-5-3-13(4-6-14)17(25)21-9-10-22-18(26)16-7-11-24(23-16)15-2-1-8-20-12-15;/h3-7,11,15,20H,1-2,8-10,12H2,(H,21,25)(H,22,26);1H. The Morgan fingerprint density at radius 2 is 1.85 bits per heavy atom. The van der Waals surface area contributed by atoms with E-state index in [0.717, 1.165) is 25.9 Å². The summed E-state index contributed by atoms with van der Waals surface area (Å²) in [6, 6.07) is 7.26. The van der Waals surface area contributed by atoms with E-state index in [4.69, 9.17) is 0 Å². The number of nitrogens with zero attached hydrogens (tertiary/aromatic N) is 2. The van der Waals surface area contributed by atoms with E-state index >= 15 is 0 Å². The van der Waals surface area contributed by atoms with Crippen LogP contribution in [0, 0.1) is 5.82 Å². The van der Waals surface area contributed by atoms with Crippen molar-refractivity contribution < 1.29 is 14.0 Å². The van der Waals surface area contributed by atoms with Crippen LogP contribution in [-0.4, -0.2) is 47.8 Å². The van der Waals surface area contributed by atoms with Crippen LogP contribution < -0.4 is 16.0 Å². The van der Waals surface area contributed by atoms with Crippen molar-refractivity contribution in [1.29, 1.82) is 0 Å². The zero-order chi connectivity index (χ0) is 18.4. The van der Waals surface area contributed by atoms with Crippen LogP contribution in [0.15, 0.2) is 36.5 Å². The number of hydrogen-bond donors (Lipinski definition) is 3. The smallest absolute Gasteiger partial charge is 0.271 e. The summed E-state index contributed by atoms with van der Waals surface area (Å²) < 4.78 is 14.7. The molecule has 2 amide bonds. The van der Waals surface area contributed by atoms with Crippen molar-refractivity contribution >= 4 is 24.2 Å². The maximum absolute atomic E-state index is 12.8. The van der Waals surface area contributed by atoms with Crippen LogP contribution in [0.2, 0.25) is 0 Å². The lowest BCUT2D eigenvalue weighted by Crippen LogP contribution is -2.35. The lowest BCUT2D eigenvalue weighted by Gasteiger charge is -2.22. The van der Waals surface area contributed by atoms with Gasteiger partial charge in [-0.25, -0.2) is 4.39 Å². The topological polar surface area (TPSA) is 88.0 Å². The molecular weight excluding hydrogens is 373 g/mol. The molecule has 9 heteroatoms. The van der Waals surface area contributed by atoms with Crippen molar-refractivity contribution in [3.8, 4) is 0 Å². The van der Waals surface area contributed by atoms with Gasteiger partial charge in [0.15, 0.2) is 0 Å². The van der Waals surface area contributed by atoms with Crippen LogP contribution in [0.4, 0.5) is 4.39 Å². The van der Waals surface area contributed by atoms with Crippen LogP contribution in [0.3, 0.4) is 0 Å². The Labute approximate surface area is 163 Å². The predicted octanol–water partition coefficient (Wildman–Crippen LogP) is 1.53. The van der Waals surface area contributed by atoms with E-state index in [1.807, 2.05) is 10.9 Å². The number of piperidine rings is 1. The number of halogens is 2. The van der Waals surface area contributed by atoms with Gasteiger partial charge >= 0.3 is 0 Å². The summed E-state index contributed by atoms with van der Waals surface area (Å²) >= 11 is 0. The van der Waals surface area contributed by atoms with Crippen molar-refractivity contribution in [3.63, 3.8) is 0 Å². The highest BCUT2D eigenvalue weighted by Gasteiger charge is 2.17. The molecule has 1 aromatic carbocycles. The van der Waals surface area contributed by atoms with Crippen molar-refractivity contribution in [3.05, 3.63) is 53.6 Å². The number of carbonyl (C=O) groups excluding carboxylic acids is 2.